The van der Waals surface area contributed by atoms with Gasteiger partial charge in [0.2, 0.25) is 0 Å². The summed E-state index contributed by atoms with van der Waals surface area (Å²) in [7, 11) is 0. The van der Waals surface area contributed by atoms with Crippen molar-refractivity contribution < 1.29 is 29.6 Å². The first kappa shape index (κ1) is 25.4. The van der Waals surface area contributed by atoms with Crippen LogP contribution in [0.25, 0.3) is 6.08 Å². The molecule has 3 N–H and O–H groups in total. The van der Waals surface area contributed by atoms with Crippen molar-refractivity contribution >= 4 is 11.9 Å². The zero-order valence-corrected chi connectivity index (χ0v) is 21.7. The number of allylic oxidation sites excluding steroid dienone is 4. The number of carbonyl (C=O) groups excluding carboxylic acids is 1. The summed E-state index contributed by atoms with van der Waals surface area (Å²) in [6.07, 6.45) is 7.73. The van der Waals surface area contributed by atoms with Crippen molar-refractivity contribution in [1.29, 1.82) is 0 Å². The second-order valence-corrected chi connectivity index (χ2v) is 10.6. The summed E-state index contributed by atoms with van der Waals surface area (Å²) in [4.78, 5) is 13.4. The van der Waals surface area contributed by atoms with Gasteiger partial charge in [0, 0.05) is 17.2 Å². The monoisotopic (exact) mass is 490 g/mol. The largest absolute Gasteiger partial charge is 0.508 e. The molecule has 0 aliphatic carbocycles. The van der Waals surface area contributed by atoms with Crippen molar-refractivity contribution in [3.8, 4) is 28.7 Å². The maximum atomic E-state index is 13.4. The zero-order valence-electron chi connectivity index (χ0n) is 21.7. The van der Waals surface area contributed by atoms with E-state index in [1.807, 2.05) is 59.8 Å². The van der Waals surface area contributed by atoms with Crippen molar-refractivity contribution in [2.45, 2.75) is 72.5 Å². The lowest BCUT2D eigenvalue weighted by atomic mass is 9.87. The Kier molecular flexibility index (Phi) is 6.65. The minimum atomic E-state index is -0.786. The van der Waals surface area contributed by atoms with Crippen molar-refractivity contribution in [2.75, 3.05) is 0 Å². The molecule has 0 saturated heterocycles. The number of carbonyl (C=O) groups is 1. The standard InChI is InChI=1S/C30H34O6/c1-16(2)7-9-18-13-21(23(32)14-22(18)31)25-15-24(33)26-27(34)19-11-12-30(5,6)36-28(19)20(29(26)35-25)10-8-17(3)4/h7-8,11-14,25,31-32,34H,9-10,15H2,1-6H3/t25-/m0/s1. The lowest BCUT2D eigenvalue weighted by molar-refractivity contribution is 0.0836. The molecule has 2 aliphatic rings. The Morgan fingerprint density at radius 3 is 2.33 bits per heavy atom. The Bertz CT molecular complexity index is 1320. The number of ether oxygens (including phenoxy) is 2. The van der Waals surface area contributed by atoms with Crippen molar-refractivity contribution in [1.82, 2.24) is 0 Å². The summed E-state index contributed by atoms with van der Waals surface area (Å²) < 4.78 is 12.7. The predicted octanol–water partition coefficient (Wildman–Crippen LogP) is 6.71. The molecule has 0 amide bonds. The van der Waals surface area contributed by atoms with E-state index in [1.54, 1.807) is 12.1 Å². The first-order chi connectivity index (χ1) is 16.9. The van der Waals surface area contributed by atoms with E-state index in [0.29, 0.717) is 40.8 Å². The van der Waals surface area contributed by atoms with E-state index < -0.39 is 11.7 Å². The number of hydrogen-bond acceptors (Lipinski definition) is 6. The van der Waals surface area contributed by atoms with Gasteiger partial charge in [-0.3, -0.25) is 4.79 Å². The van der Waals surface area contributed by atoms with Gasteiger partial charge in [0.1, 0.15) is 46.0 Å². The highest BCUT2D eigenvalue weighted by molar-refractivity contribution is 6.05. The molecule has 2 aliphatic heterocycles. The van der Waals surface area contributed by atoms with Crippen LogP contribution in [0.2, 0.25) is 0 Å². The molecule has 0 aromatic heterocycles. The SMILES string of the molecule is CC(C)=CCc1cc([C@@H]2CC(=O)c3c(O)c4c(c(CC=C(C)C)c3O2)OC(C)(C)C=C4)c(O)cc1O. The quantitative estimate of drug-likeness (QED) is 0.403. The van der Waals surface area contributed by atoms with Crippen LogP contribution in [-0.2, 0) is 12.8 Å². The van der Waals surface area contributed by atoms with E-state index >= 15 is 0 Å². The number of phenols is 3. The Morgan fingerprint density at radius 1 is 1.00 bits per heavy atom. The van der Waals surface area contributed by atoms with Gasteiger partial charge in [-0.1, -0.05) is 23.3 Å². The van der Waals surface area contributed by atoms with Crippen LogP contribution >= 0.6 is 0 Å². The Morgan fingerprint density at radius 2 is 1.67 bits per heavy atom. The third-order valence-corrected chi connectivity index (χ3v) is 6.46. The molecule has 6 heteroatoms. The average molecular weight is 491 g/mol. The van der Waals surface area contributed by atoms with Gasteiger partial charge in [0.15, 0.2) is 5.78 Å². The molecule has 2 aromatic rings. The molecular weight excluding hydrogens is 456 g/mol. The number of ketones is 1. The lowest BCUT2D eigenvalue weighted by Crippen LogP contribution is -2.29. The molecule has 0 saturated carbocycles. The first-order valence-corrected chi connectivity index (χ1v) is 12.2. The minimum Gasteiger partial charge on any atom is -0.508 e. The van der Waals surface area contributed by atoms with Crippen LogP contribution < -0.4 is 9.47 Å². The van der Waals surface area contributed by atoms with E-state index in [9.17, 15) is 20.1 Å². The van der Waals surface area contributed by atoms with Gasteiger partial charge < -0.3 is 24.8 Å². The van der Waals surface area contributed by atoms with Gasteiger partial charge in [-0.25, -0.2) is 0 Å². The summed E-state index contributed by atoms with van der Waals surface area (Å²) in [6, 6.07) is 2.97. The smallest absolute Gasteiger partial charge is 0.174 e. The van der Waals surface area contributed by atoms with Gasteiger partial charge >= 0.3 is 0 Å². The molecule has 0 unspecified atom stereocenters. The summed E-state index contributed by atoms with van der Waals surface area (Å²) >= 11 is 0. The molecular formula is C30H34O6. The number of hydrogen-bond donors (Lipinski definition) is 3. The first-order valence-electron chi connectivity index (χ1n) is 12.2. The van der Waals surface area contributed by atoms with Gasteiger partial charge in [0.25, 0.3) is 0 Å². The summed E-state index contributed by atoms with van der Waals surface area (Å²) in [5.74, 6) is 0.155. The highest BCUT2D eigenvalue weighted by atomic mass is 16.5. The molecule has 1 atom stereocenters. The van der Waals surface area contributed by atoms with Crippen LogP contribution in [0.3, 0.4) is 0 Å². The van der Waals surface area contributed by atoms with Crippen LogP contribution in [0.5, 0.6) is 28.7 Å². The topological polar surface area (TPSA) is 96.2 Å². The number of Topliss-reactive ketones (excluding diaryl/α,β-unsaturated/α-hetero) is 1. The summed E-state index contributed by atoms with van der Waals surface area (Å²) in [5, 5.41) is 32.1. The fourth-order valence-electron chi connectivity index (χ4n) is 4.50. The molecule has 0 spiro atoms. The molecule has 190 valence electrons. The molecule has 36 heavy (non-hydrogen) atoms. The zero-order chi connectivity index (χ0) is 26.4. The van der Waals surface area contributed by atoms with E-state index in [2.05, 4.69) is 0 Å². The van der Waals surface area contributed by atoms with E-state index in [1.165, 1.54) is 6.07 Å². The second-order valence-electron chi connectivity index (χ2n) is 10.6. The second kappa shape index (κ2) is 9.41. The van der Waals surface area contributed by atoms with E-state index in [4.69, 9.17) is 9.47 Å². The molecule has 0 bridgehead atoms. The number of aromatic hydroxyl groups is 3. The lowest BCUT2D eigenvalue weighted by Gasteiger charge is -2.34. The minimum absolute atomic E-state index is 0.0188. The fraction of sp³-hybridized carbons (Fsp3) is 0.367. The normalized spacial score (nSPS) is 17.4. The molecule has 4 rings (SSSR count). The van der Waals surface area contributed by atoms with Gasteiger partial charge in [0.05, 0.1) is 12.0 Å². The molecule has 6 nitrogen and oxygen atoms in total. The van der Waals surface area contributed by atoms with E-state index in [-0.39, 0.29) is 40.8 Å². The molecule has 2 aromatic carbocycles. The number of rotatable bonds is 5. The Hall–Kier alpha value is -3.67. The number of phenolic OH excluding ortho intramolecular Hbond substituents is 3. The third kappa shape index (κ3) is 4.85. The van der Waals surface area contributed by atoms with Gasteiger partial charge in [-0.15, -0.1) is 0 Å². The van der Waals surface area contributed by atoms with Crippen molar-refractivity contribution in [2.24, 2.45) is 0 Å². The van der Waals surface area contributed by atoms with E-state index in [0.717, 1.165) is 11.1 Å². The van der Waals surface area contributed by atoms with Gasteiger partial charge in [-0.05, 0) is 78.2 Å². The average Bonchev–Trinajstić information content (AvgIpc) is 2.77. The van der Waals surface area contributed by atoms with Crippen LogP contribution in [0.1, 0.15) is 86.7 Å². The van der Waals surface area contributed by atoms with Crippen molar-refractivity contribution in [3.05, 3.63) is 69.3 Å². The highest BCUT2D eigenvalue weighted by Gasteiger charge is 2.38. The van der Waals surface area contributed by atoms with Crippen LogP contribution in [0.4, 0.5) is 0 Å². The van der Waals surface area contributed by atoms with Crippen LogP contribution in [-0.4, -0.2) is 26.7 Å². The Balaban J connectivity index is 1.86. The molecule has 0 fully saturated rings. The molecule has 0 radical (unpaired) electrons. The fourth-order valence-corrected chi connectivity index (χ4v) is 4.50. The predicted molar refractivity (Wildman–Crippen MR) is 140 cm³/mol. The van der Waals surface area contributed by atoms with Crippen LogP contribution in [0, 0.1) is 0 Å². The van der Waals surface area contributed by atoms with Crippen molar-refractivity contribution in [3.63, 3.8) is 0 Å². The third-order valence-electron chi connectivity index (χ3n) is 6.46. The molecule has 2 heterocycles. The summed E-state index contributed by atoms with van der Waals surface area (Å²) in [6.45, 7) is 11.8. The van der Waals surface area contributed by atoms with Gasteiger partial charge in [-0.2, -0.15) is 0 Å². The highest BCUT2D eigenvalue weighted by Crippen LogP contribution is 2.52. The summed E-state index contributed by atoms with van der Waals surface area (Å²) in [5.41, 5.74) is 3.92. The van der Waals surface area contributed by atoms with Crippen LogP contribution in [0.15, 0.2) is 41.5 Å². The maximum Gasteiger partial charge on any atom is 0.174 e. The maximum absolute atomic E-state index is 13.4. The number of benzene rings is 2. The Labute approximate surface area is 212 Å². The number of fused-ring (bicyclic) bond motifs is 2.